The van der Waals surface area contributed by atoms with Crippen molar-refractivity contribution in [3.05, 3.63) is 59.5 Å². The van der Waals surface area contributed by atoms with Gasteiger partial charge in [-0.25, -0.2) is 0 Å². The molecule has 2 heterocycles. The molecule has 0 radical (unpaired) electrons. The molecule has 2 N–H and O–H groups in total. The molecule has 1 aliphatic rings. The lowest BCUT2D eigenvalue weighted by Crippen LogP contribution is -2.32. The highest BCUT2D eigenvalue weighted by atomic mass is 16.5. The molecule has 0 saturated carbocycles. The minimum atomic E-state index is -0.527. The number of furan rings is 1. The highest BCUT2D eigenvalue weighted by molar-refractivity contribution is 5.77. The quantitative estimate of drug-likeness (QED) is 0.887. The minimum absolute atomic E-state index is 0.169. The van der Waals surface area contributed by atoms with Crippen LogP contribution in [0.5, 0.6) is 0 Å². The van der Waals surface area contributed by atoms with Gasteiger partial charge in [0.25, 0.3) is 0 Å². The van der Waals surface area contributed by atoms with E-state index < -0.39 is 6.04 Å². The van der Waals surface area contributed by atoms with Crippen LogP contribution in [0.2, 0.25) is 0 Å². The average Bonchev–Trinajstić information content (AvgIpc) is 3.07. The van der Waals surface area contributed by atoms with E-state index in [1.807, 2.05) is 18.2 Å². The zero-order chi connectivity index (χ0) is 15.4. The molecule has 0 bridgehead atoms. The summed E-state index contributed by atoms with van der Waals surface area (Å²) in [6.07, 6.45) is 2.39. The molecular weight excluding hydrogens is 282 g/mol. The van der Waals surface area contributed by atoms with Crippen molar-refractivity contribution >= 4 is 5.91 Å². The summed E-state index contributed by atoms with van der Waals surface area (Å²) in [6.45, 7) is 0.415. The number of carbonyl (C=O) groups is 1. The Bertz CT molecular complexity index is 623. The van der Waals surface area contributed by atoms with Crippen LogP contribution in [0.3, 0.4) is 0 Å². The molecule has 2 unspecified atom stereocenters. The van der Waals surface area contributed by atoms with Crippen LogP contribution in [0.4, 0.5) is 0 Å². The number of rotatable bonds is 5. The standard InChI is InChI=1S/C17H19NO4/c19-11-14(15-6-3-8-21-15)18-17(20)10-16-13-5-2-1-4-12(13)7-9-22-16/h1-6,8,14,16,19H,7,9-11H2,(H,18,20). The lowest BCUT2D eigenvalue weighted by atomic mass is 9.95. The summed E-state index contributed by atoms with van der Waals surface area (Å²) in [6, 6.07) is 11.0. The zero-order valence-corrected chi connectivity index (χ0v) is 12.2. The van der Waals surface area contributed by atoms with Gasteiger partial charge in [-0.2, -0.15) is 0 Å². The number of aliphatic hydroxyl groups is 1. The predicted octanol–water partition coefficient (Wildman–Crippen LogP) is 2.13. The van der Waals surface area contributed by atoms with Gasteiger partial charge in [0.1, 0.15) is 11.8 Å². The Morgan fingerprint density at radius 2 is 2.18 bits per heavy atom. The van der Waals surface area contributed by atoms with Gasteiger partial charge in [0.05, 0.1) is 32.0 Å². The molecule has 3 rings (SSSR count). The summed E-state index contributed by atoms with van der Waals surface area (Å²) in [5, 5.41) is 12.2. The molecule has 0 aliphatic carbocycles. The van der Waals surface area contributed by atoms with Crippen LogP contribution in [-0.2, 0) is 16.0 Å². The van der Waals surface area contributed by atoms with Crippen LogP contribution in [0.25, 0.3) is 0 Å². The van der Waals surface area contributed by atoms with E-state index in [1.54, 1.807) is 12.1 Å². The Hall–Kier alpha value is -2.11. The fourth-order valence-electron chi connectivity index (χ4n) is 2.76. The first-order chi connectivity index (χ1) is 10.8. The van der Waals surface area contributed by atoms with E-state index in [0.717, 1.165) is 12.0 Å². The highest BCUT2D eigenvalue weighted by Gasteiger charge is 2.24. The minimum Gasteiger partial charge on any atom is -0.467 e. The molecule has 0 spiro atoms. The molecule has 22 heavy (non-hydrogen) atoms. The second kappa shape index (κ2) is 6.77. The van der Waals surface area contributed by atoms with Crippen LogP contribution in [0.1, 0.15) is 35.5 Å². The van der Waals surface area contributed by atoms with Crippen molar-refractivity contribution in [3.8, 4) is 0 Å². The summed E-state index contributed by atoms with van der Waals surface area (Å²) < 4.78 is 11.0. The van der Waals surface area contributed by atoms with Crippen LogP contribution >= 0.6 is 0 Å². The first-order valence-corrected chi connectivity index (χ1v) is 7.41. The first kappa shape index (κ1) is 14.8. The number of hydrogen-bond donors (Lipinski definition) is 2. The predicted molar refractivity (Wildman–Crippen MR) is 80.1 cm³/mol. The number of carbonyl (C=O) groups excluding carboxylic acids is 1. The topological polar surface area (TPSA) is 71.7 Å². The van der Waals surface area contributed by atoms with Crippen molar-refractivity contribution in [1.82, 2.24) is 5.32 Å². The third-order valence-electron chi connectivity index (χ3n) is 3.87. The molecule has 1 aliphatic heterocycles. The summed E-state index contributed by atoms with van der Waals surface area (Å²) in [5.74, 6) is 0.373. The fraction of sp³-hybridized carbons (Fsp3) is 0.353. The van der Waals surface area contributed by atoms with Crippen molar-refractivity contribution in [3.63, 3.8) is 0 Å². The summed E-state index contributed by atoms with van der Waals surface area (Å²) in [4.78, 5) is 12.2. The van der Waals surface area contributed by atoms with Crippen molar-refractivity contribution in [2.45, 2.75) is 25.0 Å². The molecule has 1 aromatic heterocycles. The number of benzene rings is 1. The normalized spacial score (nSPS) is 18.5. The Labute approximate surface area is 128 Å². The molecular formula is C17H19NO4. The Kier molecular flexibility index (Phi) is 4.56. The van der Waals surface area contributed by atoms with Gasteiger partial charge in [0.2, 0.25) is 5.91 Å². The van der Waals surface area contributed by atoms with Crippen molar-refractivity contribution in [1.29, 1.82) is 0 Å². The number of ether oxygens (including phenoxy) is 1. The maximum Gasteiger partial charge on any atom is 0.223 e. The Morgan fingerprint density at radius 1 is 1.32 bits per heavy atom. The zero-order valence-electron chi connectivity index (χ0n) is 12.2. The van der Waals surface area contributed by atoms with Crippen LogP contribution < -0.4 is 5.32 Å². The van der Waals surface area contributed by atoms with Gasteiger partial charge in [0.15, 0.2) is 0 Å². The van der Waals surface area contributed by atoms with E-state index >= 15 is 0 Å². The van der Waals surface area contributed by atoms with E-state index in [2.05, 4.69) is 11.4 Å². The Balaban J connectivity index is 1.65. The summed E-state index contributed by atoms with van der Waals surface area (Å²) in [7, 11) is 0. The van der Waals surface area contributed by atoms with Gasteiger partial charge in [-0.05, 0) is 29.7 Å². The molecule has 0 fully saturated rings. The third-order valence-corrected chi connectivity index (χ3v) is 3.87. The molecule has 2 atom stereocenters. The van der Waals surface area contributed by atoms with Crippen LogP contribution in [-0.4, -0.2) is 24.2 Å². The van der Waals surface area contributed by atoms with Gasteiger partial charge in [-0.15, -0.1) is 0 Å². The number of aliphatic hydroxyl groups excluding tert-OH is 1. The van der Waals surface area contributed by atoms with Crippen molar-refractivity contribution in [2.24, 2.45) is 0 Å². The van der Waals surface area contributed by atoms with Crippen LogP contribution in [0.15, 0.2) is 47.1 Å². The van der Waals surface area contributed by atoms with Gasteiger partial charge < -0.3 is 19.6 Å². The maximum atomic E-state index is 12.2. The molecule has 2 aromatic rings. The van der Waals surface area contributed by atoms with Gasteiger partial charge in [-0.1, -0.05) is 24.3 Å². The number of fused-ring (bicyclic) bond motifs is 1. The molecule has 1 amide bonds. The maximum absolute atomic E-state index is 12.2. The fourth-order valence-corrected chi connectivity index (χ4v) is 2.76. The second-order valence-electron chi connectivity index (χ2n) is 5.33. The lowest BCUT2D eigenvalue weighted by molar-refractivity contribution is -0.125. The van der Waals surface area contributed by atoms with E-state index in [1.165, 1.54) is 11.8 Å². The van der Waals surface area contributed by atoms with Gasteiger partial charge in [-0.3, -0.25) is 4.79 Å². The first-order valence-electron chi connectivity index (χ1n) is 7.41. The summed E-state index contributed by atoms with van der Waals surface area (Å²) >= 11 is 0. The highest BCUT2D eigenvalue weighted by Crippen LogP contribution is 2.29. The molecule has 5 nitrogen and oxygen atoms in total. The average molecular weight is 301 g/mol. The third kappa shape index (κ3) is 3.21. The molecule has 5 heteroatoms. The molecule has 116 valence electrons. The smallest absolute Gasteiger partial charge is 0.223 e. The number of hydrogen-bond acceptors (Lipinski definition) is 4. The molecule has 1 aromatic carbocycles. The molecule has 0 saturated heterocycles. The number of nitrogens with one attached hydrogen (secondary N) is 1. The second-order valence-corrected chi connectivity index (χ2v) is 5.33. The lowest BCUT2D eigenvalue weighted by Gasteiger charge is -2.26. The van der Waals surface area contributed by atoms with Gasteiger partial charge in [0, 0.05) is 0 Å². The monoisotopic (exact) mass is 301 g/mol. The van der Waals surface area contributed by atoms with Crippen molar-refractivity contribution < 1.29 is 19.1 Å². The van der Waals surface area contributed by atoms with Gasteiger partial charge >= 0.3 is 0 Å². The largest absolute Gasteiger partial charge is 0.467 e. The van der Waals surface area contributed by atoms with Crippen molar-refractivity contribution in [2.75, 3.05) is 13.2 Å². The summed E-state index contributed by atoms with van der Waals surface area (Å²) in [5.41, 5.74) is 2.30. The number of amides is 1. The van der Waals surface area contributed by atoms with E-state index in [-0.39, 0.29) is 25.0 Å². The van der Waals surface area contributed by atoms with E-state index in [0.29, 0.717) is 12.4 Å². The van der Waals surface area contributed by atoms with Crippen LogP contribution in [0, 0.1) is 0 Å². The SMILES string of the molecule is O=C(CC1OCCc2ccccc21)NC(CO)c1ccco1. The van der Waals surface area contributed by atoms with E-state index in [4.69, 9.17) is 9.15 Å². The van der Waals surface area contributed by atoms with E-state index in [9.17, 15) is 9.90 Å². The Morgan fingerprint density at radius 3 is 2.95 bits per heavy atom.